The number of thiocarbonyl (C=S) groups is 1. The van der Waals surface area contributed by atoms with E-state index in [1.165, 1.54) is 11.8 Å². The van der Waals surface area contributed by atoms with Gasteiger partial charge in [0.25, 0.3) is 0 Å². The van der Waals surface area contributed by atoms with Crippen molar-refractivity contribution >= 4 is 57.6 Å². The summed E-state index contributed by atoms with van der Waals surface area (Å²) in [5, 5.41) is 3.61. The minimum atomic E-state index is 0.0101. The van der Waals surface area contributed by atoms with E-state index >= 15 is 0 Å². The third-order valence-electron chi connectivity index (χ3n) is 2.20. The third kappa shape index (κ3) is 7.38. The van der Waals surface area contributed by atoms with Crippen LogP contribution in [0.1, 0.15) is 0 Å². The number of halogens is 1. The van der Waals surface area contributed by atoms with E-state index in [2.05, 4.69) is 5.32 Å². The largest absolute Gasteiger partial charge is 0.364 e. The van der Waals surface area contributed by atoms with Gasteiger partial charge >= 0.3 is 0 Å². The molecule has 0 aliphatic rings. The van der Waals surface area contributed by atoms with E-state index in [0.717, 1.165) is 20.0 Å². The van der Waals surface area contributed by atoms with Crippen LogP contribution in [0.3, 0.4) is 0 Å². The fraction of sp³-hybridized carbons (Fsp3) is 0.385. The molecule has 1 rings (SSSR count). The number of amides is 1. The van der Waals surface area contributed by atoms with Gasteiger partial charge in [0, 0.05) is 36.3 Å². The van der Waals surface area contributed by atoms with E-state index in [-0.39, 0.29) is 5.91 Å². The molecule has 20 heavy (non-hydrogen) atoms. The average Bonchev–Trinajstić information content (AvgIpc) is 2.42. The number of hydrogen-bond acceptors (Lipinski definition) is 4. The van der Waals surface area contributed by atoms with Gasteiger partial charge in [0.2, 0.25) is 5.91 Å². The molecule has 110 valence electrons. The highest BCUT2D eigenvalue weighted by Gasteiger charge is 2.05. The number of rotatable bonds is 6. The van der Waals surface area contributed by atoms with E-state index < -0.39 is 0 Å². The van der Waals surface area contributed by atoms with Crippen LogP contribution in [0.15, 0.2) is 29.2 Å². The minimum absolute atomic E-state index is 0.0101. The molecule has 7 heteroatoms. The Kier molecular flexibility index (Phi) is 8.37. The molecule has 0 atom stereocenters. The van der Waals surface area contributed by atoms with E-state index in [9.17, 15) is 4.79 Å². The molecular formula is C13H17ClN2OS3. The second-order valence-corrected chi connectivity index (χ2v) is 7.32. The summed E-state index contributed by atoms with van der Waals surface area (Å²) >= 11 is 14.0. The maximum absolute atomic E-state index is 11.6. The van der Waals surface area contributed by atoms with E-state index in [1.54, 1.807) is 11.8 Å². The van der Waals surface area contributed by atoms with Gasteiger partial charge in [-0.2, -0.15) is 0 Å². The molecule has 1 aromatic carbocycles. The zero-order chi connectivity index (χ0) is 15.0. The van der Waals surface area contributed by atoms with Crippen LogP contribution in [-0.4, -0.2) is 47.3 Å². The lowest BCUT2D eigenvalue weighted by Gasteiger charge is -2.12. The van der Waals surface area contributed by atoms with Gasteiger partial charge < -0.3 is 10.2 Å². The van der Waals surface area contributed by atoms with Gasteiger partial charge in [0.05, 0.1) is 5.75 Å². The SMILES string of the molecule is CN(C)C(=S)SCC(=O)NCCSc1ccc(Cl)cc1. The molecule has 0 saturated heterocycles. The summed E-state index contributed by atoms with van der Waals surface area (Å²) in [5.41, 5.74) is 0. The summed E-state index contributed by atoms with van der Waals surface area (Å²) in [7, 11) is 3.74. The van der Waals surface area contributed by atoms with Gasteiger partial charge in [0.15, 0.2) is 0 Å². The van der Waals surface area contributed by atoms with E-state index in [0.29, 0.717) is 12.3 Å². The Labute approximate surface area is 138 Å². The first-order valence-corrected chi connectivity index (χ1v) is 8.74. The summed E-state index contributed by atoms with van der Waals surface area (Å²) in [6.07, 6.45) is 0. The van der Waals surface area contributed by atoms with Crippen LogP contribution in [-0.2, 0) is 4.79 Å². The molecule has 0 unspecified atom stereocenters. The van der Waals surface area contributed by atoms with Crippen LogP contribution in [0.4, 0.5) is 0 Å². The van der Waals surface area contributed by atoms with Crippen molar-refractivity contribution in [3.05, 3.63) is 29.3 Å². The lowest BCUT2D eigenvalue weighted by Crippen LogP contribution is -2.28. The molecule has 0 spiro atoms. The van der Waals surface area contributed by atoms with Gasteiger partial charge in [-0.1, -0.05) is 35.6 Å². The fourth-order valence-corrected chi connectivity index (χ4v) is 2.88. The van der Waals surface area contributed by atoms with Crippen molar-refractivity contribution in [2.75, 3.05) is 32.1 Å². The first-order chi connectivity index (χ1) is 9.49. The van der Waals surface area contributed by atoms with Crippen molar-refractivity contribution in [3.8, 4) is 0 Å². The topological polar surface area (TPSA) is 32.3 Å². The van der Waals surface area contributed by atoms with Crippen LogP contribution in [0.5, 0.6) is 0 Å². The number of nitrogens with zero attached hydrogens (tertiary/aromatic N) is 1. The Morgan fingerprint density at radius 1 is 1.35 bits per heavy atom. The maximum Gasteiger partial charge on any atom is 0.230 e. The van der Waals surface area contributed by atoms with Crippen molar-refractivity contribution < 1.29 is 4.79 Å². The standard InChI is InChI=1S/C13H17ClN2OS3/c1-16(2)13(18)20-9-12(17)15-7-8-19-11-5-3-10(14)4-6-11/h3-6H,7-9H2,1-2H3,(H,15,17). The number of carbonyl (C=O) groups excluding carboxylic acids is 1. The third-order valence-corrected chi connectivity index (χ3v) is 5.20. The number of nitrogens with one attached hydrogen (secondary N) is 1. The van der Waals surface area contributed by atoms with Crippen molar-refractivity contribution in [3.63, 3.8) is 0 Å². The number of hydrogen-bond donors (Lipinski definition) is 1. The van der Waals surface area contributed by atoms with Crippen LogP contribution in [0.2, 0.25) is 5.02 Å². The quantitative estimate of drug-likeness (QED) is 0.485. The molecule has 3 nitrogen and oxygen atoms in total. The molecule has 0 bridgehead atoms. The molecule has 1 aromatic rings. The Balaban J connectivity index is 2.13. The predicted octanol–water partition coefficient (Wildman–Crippen LogP) is 3.13. The summed E-state index contributed by atoms with van der Waals surface area (Å²) in [6.45, 7) is 0.640. The lowest BCUT2D eigenvalue weighted by molar-refractivity contribution is -0.118. The summed E-state index contributed by atoms with van der Waals surface area (Å²) < 4.78 is 0.718. The first-order valence-electron chi connectivity index (χ1n) is 5.98. The Morgan fingerprint density at radius 2 is 2.00 bits per heavy atom. The van der Waals surface area contributed by atoms with Crippen LogP contribution >= 0.6 is 47.3 Å². The monoisotopic (exact) mass is 348 g/mol. The van der Waals surface area contributed by atoms with Gasteiger partial charge in [-0.05, 0) is 24.3 Å². The van der Waals surface area contributed by atoms with Crippen LogP contribution in [0, 0.1) is 0 Å². The molecule has 0 heterocycles. The first kappa shape index (κ1) is 17.6. The van der Waals surface area contributed by atoms with Crippen LogP contribution in [0.25, 0.3) is 0 Å². The highest BCUT2D eigenvalue weighted by atomic mass is 35.5. The lowest BCUT2D eigenvalue weighted by atomic mass is 10.4. The van der Waals surface area contributed by atoms with Crippen molar-refractivity contribution in [2.45, 2.75) is 4.90 Å². The van der Waals surface area contributed by atoms with Gasteiger partial charge in [-0.3, -0.25) is 4.79 Å². The van der Waals surface area contributed by atoms with Crippen molar-refractivity contribution in [2.24, 2.45) is 0 Å². The van der Waals surface area contributed by atoms with Gasteiger partial charge in [0.1, 0.15) is 4.32 Å². The number of benzene rings is 1. The summed E-state index contributed by atoms with van der Waals surface area (Å²) in [5.74, 6) is 1.20. The second kappa shape index (κ2) is 9.50. The Hall–Kier alpha value is -0.430. The predicted molar refractivity (Wildman–Crippen MR) is 93.9 cm³/mol. The molecule has 0 aromatic heterocycles. The molecule has 0 fully saturated rings. The van der Waals surface area contributed by atoms with E-state index in [1.807, 2.05) is 43.3 Å². The average molecular weight is 349 g/mol. The highest BCUT2D eigenvalue weighted by molar-refractivity contribution is 8.23. The van der Waals surface area contributed by atoms with E-state index in [4.69, 9.17) is 23.8 Å². The van der Waals surface area contributed by atoms with Crippen molar-refractivity contribution in [1.82, 2.24) is 10.2 Å². The number of thioether (sulfide) groups is 2. The molecule has 1 N–H and O–H groups in total. The summed E-state index contributed by atoms with van der Waals surface area (Å²) in [6, 6.07) is 7.67. The molecule has 1 amide bonds. The second-order valence-electron chi connectivity index (χ2n) is 4.10. The molecule has 0 aliphatic carbocycles. The molecule has 0 radical (unpaired) electrons. The molecule has 0 saturated carbocycles. The van der Waals surface area contributed by atoms with Gasteiger partial charge in [-0.25, -0.2) is 0 Å². The van der Waals surface area contributed by atoms with Gasteiger partial charge in [-0.15, -0.1) is 11.8 Å². The number of carbonyl (C=O) groups is 1. The maximum atomic E-state index is 11.6. The smallest absolute Gasteiger partial charge is 0.230 e. The van der Waals surface area contributed by atoms with Crippen molar-refractivity contribution in [1.29, 1.82) is 0 Å². The normalized spacial score (nSPS) is 10.2. The van der Waals surface area contributed by atoms with Crippen LogP contribution < -0.4 is 5.32 Å². The zero-order valence-electron chi connectivity index (χ0n) is 11.4. The molecule has 0 aliphatic heterocycles. The Morgan fingerprint density at radius 3 is 2.60 bits per heavy atom. The highest BCUT2D eigenvalue weighted by Crippen LogP contribution is 2.19. The molecular weight excluding hydrogens is 332 g/mol. The zero-order valence-corrected chi connectivity index (χ0v) is 14.6. The Bertz CT molecular complexity index is 451. The minimum Gasteiger partial charge on any atom is -0.364 e. The summed E-state index contributed by atoms with van der Waals surface area (Å²) in [4.78, 5) is 14.6. The fourth-order valence-electron chi connectivity index (χ4n) is 1.20.